The van der Waals surface area contributed by atoms with Gasteiger partial charge in [0.15, 0.2) is 0 Å². The van der Waals surface area contributed by atoms with Crippen molar-refractivity contribution < 1.29 is 9.53 Å². The van der Waals surface area contributed by atoms with E-state index in [1.54, 1.807) is 18.5 Å². The zero-order valence-electron chi connectivity index (χ0n) is 13.2. The van der Waals surface area contributed by atoms with Gasteiger partial charge in [0, 0.05) is 42.5 Å². The maximum atomic E-state index is 12.3. The lowest BCUT2D eigenvalue weighted by Crippen LogP contribution is -2.49. The Morgan fingerprint density at radius 1 is 1.41 bits per heavy atom. The maximum absolute atomic E-state index is 12.3. The zero-order valence-corrected chi connectivity index (χ0v) is 14.8. The fraction of sp³-hybridized carbons (Fsp3) is 0.625. The van der Waals surface area contributed by atoms with Crippen LogP contribution in [0.4, 0.5) is 0 Å². The van der Waals surface area contributed by atoms with Crippen LogP contribution < -0.4 is 5.32 Å². The van der Waals surface area contributed by atoms with Crippen molar-refractivity contribution in [2.45, 2.75) is 26.3 Å². The van der Waals surface area contributed by atoms with Gasteiger partial charge in [-0.05, 0) is 34.3 Å². The summed E-state index contributed by atoms with van der Waals surface area (Å²) in [6, 6.07) is 2.14. The van der Waals surface area contributed by atoms with Crippen LogP contribution in [0.3, 0.4) is 0 Å². The summed E-state index contributed by atoms with van der Waals surface area (Å²) >= 11 is 3.34. The third kappa shape index (κ3) is 5.34. The Kier molecular flexibility index (Phi) is 6.79. The molecule has 6 heteroatoms. The van der Waals surface area contributed by atoms with Gasteiger partial charge in [-0.15, -0.1) is 0 Å². The fourth-order valence-electron chi connectivity index (χ4n) is 2.70. The van der Waals surface area contributed by atoms with Crippen LogP contribution in [0.25, 0.3) is 0 Å². The number of pyridine rings is 1. The molecule has 1 amide bonds. The smallest absolute Gasteiger partial charge is 0.252 e. The number of hydrogen-bond acceptors (Lipinski definition) is 4. The predicted octanol–water partition coefficient (Wildman–Crippen LogP) is 2.32. The summed E-state index contributed by atoms with van der Waals surface area (Å²) in [5.74, 6) is 0.521. The van der Waals surface area contributed by atoms with Gasteiger partial charge in [-0.25, -0.2) is 0 Å². The van der Waals surface area contributed by atoms with Gasteiger partial charge >= 0.3 is 0 Å². The van der Waals surface area contributed by atoms with Gasteiger partial charge in [-0.1, -0.05) is 13.8 Å². The summed E-state index contributed by atoms with van der Waals surface area (Å²) in [5, 5.41) is 3.05. The summed E-state index contributed by atoms with van der Waals surface area (Å²) in [7, 11) is 0. The number of carbonyl (C=O) groups excluding carboxylic acids is 1. The number of rotatable bonds is 6. The number of carbonyl (C=O) groups is 1. The highest BCUT2D eigenvalue weighted by molar-refractivity contribution is 9.10. The molecular weight excluding hydrogens is 346 g/mol. The van der Waals surface area contributed by atoms with E-state index in [0.29, 0.717) is 24.1 Å². The molecule has 0 saturated carbocycles. The first-order chi connectivity index (χ1) is 10.6. The largest absolute Gasteiger partial charge is 0.379 e. The van der Waals surface area contributed by atoms with E-state index in [0.717, 1.165) is 37.2 Å². The molecule has 0 radical (unpaired) electrons. The quantitative estimate of drug-likeness (QED) is 0.835. The maximum Gasteiger partial charge on any atom is 0.252 e. The molecule has 1 aliphatic rings. The summed E-state index contributed by atoms with van der Waals surface area (Å²) in [6.45, 7) is 8.51. The molecule has 22 heavy (non-hydrogen) atoms. The second-order valence-electron chi connectivity index (χ2n) is 6.03. The average Bonchev–Trinajstić information content (AvgIpc) is 2.51. The lowest BCUT2D eigenvalue weighted by molar-refractivity contribution is 0.0124. The average molecular weight is 370 g/mol. The van der Waals surface area contributed by atoms with Crippen molar-refractivity contribution >= 4 is 21.8 Å². The lowest BCUT2D eigenvalue weighted by Gasteiger charge is -2.35. The van der Waals surface area contributed by atoms with Crippen LogP contribution in [0.2, 0.25) is 0 Å². The van der Waals surface area contributed by atoms with Crippen molar-refractivity contribution in [1.29, 1.82) is 0 Å². The number of ether oxygens (including phenoxy) is 1. The number of nitrogens with zero attached hydrogens (tertiary/aromatic N) is 2. The molecule has 1 atom stereocenters. The van der Waals surface area contributed by atoms with E-state index in [1.807, 2.05) is 0 Å². The summed E-state index contributed by atoms with van der Waals surface area (Å²) in [6.07, 6.45) is 4.33. The van der Waals surface area contributed by atoms with Crippen LogP contribution >= 0.6 is 15.9 Å². The Morgan fingerprint density at radius 3 is 2.77 bits per heavy atom. The van der Waals surface area contributed by atoms with E-state index in [-0.39, 0.29) is 5.91 Å². The molecule has 5 nitrogen and oxygen atoms in total. The molecule has 0 aliphatic carbocycles. The Bertz CT molecular complexity index is 490. The highest BCUT2D eigenvalue weighted by Gasteiger charge is 2.22. The van der Waals surface area contributed by atoms with E-state index in [2.05, 4.69) is 45.0 Å². The SMILES string of the molecule is CC(C)CC(CNC(=O)c1cncc(Br)c1)N1CCOCC1. The number of aromatic nitrogens is 1. The van der Waals surface area contributed by atoms with Gasteiger partial charge in [0.25, 0.3) is 5.91 Å². The molecule has 1 fully saturated rings. The second kappa shape index (κ2) is 8.60. The first kappa shape index (κ1) is 17.4. The monoisotopic (exact) mass is 369 g/mol. The Morgan fingerprint density at radius 2 is 2.14 bits per heavy atom. The van der Waals surface area contributed by atoms with Crippen LogP contribution in [0.1, 0.15) is 30.6 Å². The van der Waals surface area contributed by atoms with E-state index in [9.17, 15) is 4.79 Å². The first-order valence-electron chi connectivity index (χ1n) is 7.77. The van der Waals surface area contributed by atoms with E-state index >= 15 is 0 Å². The van der Waals surface area contributed by atoms with Crippen LogP contribution in [-0.2, 0) is 4.74 Å². The van der Waals surface area contributed by atoms with Gasteiger partial charge in [0.1, 0.15) is 0 Å². The van der Waals surface area contributed by atoms with Gasteiger partial charge in [-0.3, -0.25) is 14.7 Å². The fourth-order valence-corrected chi connectivity index (χ4v) is 3.06. The van der Waals surface area contributed by atoms with Gasteiger partial charge < -0.3 is 10.1 Å². The molecule has 2 rings (SSSR count). The molecule has 1 saturated heterocycles. The lowest BCUT2D eigenvalue weighted by atomic mass is 10.0. The molecule has 0 bridgehead atoms. The van der Waals surface area contributed by atoms with Gasteiger partial charge in [0.2, 0.25) is 0 Å². The van der Waals surface area contributed by atoms with Crippen LogP contribution in [0.15, 0.2) is 22.9 Å². The zero-order chi connectivity index (χ0) is 15.9. The third-order valence-electron chi connectivity index (χ3n) is 3.77. The Labute approximate surface area is 140 Å². The van der Waals surface area contributed by atoms with Crippen molar-refractivity contribution in [3.05, 3.63) is 28.5 Å². The van der Waals surface area contributed by atoms with Crippen molar-refractivity contribution in [2.24, 2.45) is 5.92 Å². The summed E-state index contributed by atoms with van der Waals surface area (Å²) in [5.41, 5.74) is 0.583. The minimum Gasteiger partial charge on any atom is -0.379 e. The summed E-state index contributed by atoms with van der Waals surface area (Å²) in [4.78, 5) is 18.7. The minimum absolute atomic E-state index is 0.0733. The van der Waals surface area contributed by atoms with Crippen LogP contribution in [0, 0.1) is 5.92 Å². The first-order valence-corrected chi connectivity index (χ1v) is 8.56. The molecule has 1 aromatic rings. The van der Waals surface area contributed by atoms with E-state index < -0.39 is 0 Å². The normalized spacial score (nSPS) is 17.5. The molecule has 1 aromatic heterocycles. The number of hydrogen-bond donors (Lipinski definition) is 1. The Balaban J connectivity index is 1.93. The minimum atomic E-state index is -0.0733. The molecule has 1 unspecified atom stereocenters. The van der Waals surface area contributed by atoms with E-state index in [4.69, 9.17) is 4.74 Å². The number of amides is 1. The number of nitrogens with one attached hydrogen (secondary N) is 1. The standard InChI is InChI=1S/C16H24BrN3O2/c1-12(2)7-15(20-3-5-22-6-4-20)11-19-16(21)13-8-14(17)10-18-9-13/h8-10,12,15H,3-7,11H2,1-2H3,(H,19,21). The Hall–Kier alpha value is -0.980. The van der Waals surface area contributed by atoms with Gasteiger partial charge in [-0.2, -0.15) is 0 Å². The predicted molar refractivity (Wildman–Crippen MR) is 89.9 cm³/mol. The van der Waals surface area contributed by atoms with Crippen molar-refractivity contribution in [3.8, 4) is 0 Å². The van der Waals surface area contributed by atoms with Gasteiger partial charge in [0.05, 0.1) is 18.8 Å². The molecular formula is C16H24BrN3O2. The van der Waals surface area contributed by atoms with Crippen molar-refractivity contribution in [3.63, 3.8) is 0 Å². The van der Waals surface area contributed by atoms with Crippen LogP contribution in [0.5, 0.6) is 0 Å². The molecule has 0 spiro atoms. The van der Waals surface area contributed by atoms with Crippen LogP contribution in [-0.4, -0.2) is 54.7 Å². The second-order valence-corrected chi connectivity index (χ2v) is 6.95. The molecule has 1 N–H and O–H groups in total. The van der Waals surface area contributed by atoms with E-state index in [1.165, 1.54) is 0 Å². The highest BCUT2D eigenvalue weighted by Crippen LogP contribution is 2.14. The molecule has 2 heterocycles. The molecule has 0 aromatic carbocycles. The van der Waals surface area contributed by atoms with Crippen molar-refractivity contribution in [2.75, 3.05) is 32.8 Å². The molecule has 1 aliphatic heterocycles. The number of halogens is 1. The molecule has 122 valence electrons. The third-order valence-corrected chi connectivity index (χ3v) is 4.20. The number of morpholine rings is 1. The van der Waals surface area contributed by atoms with Crippen molar-refractivity contribution in [1.82, 2.24) is 15.2 Å². The summed E-state index contributed by atoms with van der Waals surface area (Å²) < 4.78 is 6.23. The topological polar surface area (TPSA) is 54.5 Å². The highest BCUT2D eigenvalue weighted by atomic mass is 79.9.